The Morgan fingerprint density at radius 3 is 2.40 bits per heavy atom. The third-order valence-electron chi connectivity index (χ3n) is 5.11. The van der Waals surface area contributed by atoms with Crippen molar-refractivity contribution in [1.29, 1.82) is 0 Å². The summed E-state index contributed by atoms with van der Waals surface area (Å²) in [4.78, 5) is 14.9. The highest BCUT2D eigenvalue weighted by atomic mass is 32.2. The van der Waals surface area contributed by atoms with Crippen LogP contribution in [0, 0.1) is 5.92 Å². The lowest BCUT2D eigenvalue weighted by Gasteiger charge is -2.37. The SMILES string of the molecule is CCC(CC)(CN1C(=O)C2(CC2)NC1CC(C)C)SC. The molecule has 1 spiro atoms. The van der Waals surface area contributed by atoms with Crippen LogP contribution in [-0.4, -0.2) is 40.1 Å². The molecule has 1 aliphatic heterocycles. The molecule has 1 atom stereocenters. The van der Waals surface area contributed by atoms with Crippen molar-refractivity contribution >= 4 is 17.7 Å². The molecule has 4 heteroatoms. The van der Waals surface area contributed by atoms with E-state index in [0.717, 1.165) is 38.6 Å². The molecule has 2 aliphatic rings. The fraction of sp³-hybridized carbons (Fsp3) is 0.938. The number of amides is 1. The van der Waals surface area contributed by atoms with E-state index in [-0.39, 0.29) is 16.5 Å². The Morgan fingerprint density at radius 1 is 1.40 bits per heavy atom. The Kier molecular flexibility index (Phi) is 4.75. The maximum Gasteiger partial charge on any atom is 0.244 e. The predicted molar refractivity (Wildman–Crippen MR) is 86.9 cm³/mol. The van der Waals surface area contributed by atoms with Crippen LogP contribution in [0.4, 0.5) is 0 Å². The summed E-state index contributed by atoms with van der Waals surface area (Å²) in [5, 5.41) is 3.63. The standard InChI is InChI=1S/C16H30N2OS/c1-6-15(7-2,20-5)11-18-13(10-12(3)4)17-16(8-9-16)14(18)19/h12-13,17H,6-11H2,1-5H3. The van der Waals surface area contributed by atoms with Crippen molar-refractivity contribution in [1.82, 2.24) is 10.2 Å². The molecule has 1 amide bonds. The van der Waals surface area contributed by atoms with Gasteiger partial charge in [-0.05, 0) is 44.3 Å². The summed E-state index contributed by atoms with van der Waals surface area (Å²) < 4.78 is 0.215. The first-order valence-corrected chi connectivity index (χ1v) is 9.28. The number of nitrogens with one attached hydrogen (secondary N) is 1. The zero-order valence-corrected chi connectivity index (χ0v) is 14.5. The zero-order chi connectivity index (χ0) is 15.0. The molecule has 1 N–H and O–H groups in total. The number of thioether (sulfide) groups is 1. The fourth-order valence-electron chi connectivity index (χ4n) is 3.31. The Hall–Kier alpha value is -0.220. The second kappa shape index (κ2) is 5.88. The van der Waals surface area contributed by atoms with Crippen molar-refractivity contribution < 1.29 is 4.79 Å². The van der Waals surface area contributed by atoms with E-state index in [9.17, 15) is 4.79 Å². The Balaban J connectivity index is 2.15. The quantitative estimate of drug-likeness (QED) is 0.783. The fourth-order valence-corrected chi connectivity index (χ4v) is 4.16. The molecule has 1 saturated carbocycles. The smallest absolute Gasteiger partial charge is 0.244 e. The van der Waals surface area contributed by atoms with E-state index in [4.69, 9.17) is 0 Å². The first-order valence-electron chi connectivity index (χ1n) is 8.06. The second-order valence-corrected chi connectivity index (χ2v) is 8.17. The number of hydrogen-bond acceptors (Lipinski definition) is 3. The average molecular weight is 298 g/mol. The highest BCUT2D eigenvalue weighted by Crippen LogP contribution is 2.44. The first kappa shape index (κ1) is 16.2. The van der Waals surface area contributed by atoms with E-state index in [0.29, 0.717) is 11.8 Å². The monoisotopic (exact) mass is 298 g/mol. The molecule has 1 heterocycles. The summed E-state index contributed by atoms with van der Waals surface area (Å²) in [6, 6.07) is 0. The first-order chi connectivity index (χ1) is 9.42. The summed E-state index contributed by atoms with van der Waals surface area (Å²) in [6.45, 7) is 9.87. The molecule has 0 aromatic carbocycles. The number of hydrogen-bond donors (Lipinski definition) is 1. The van der Waals surface area contributed by atoms with E-state index in [1.165, 1.54) is 0 Å². The van der Waals surface area contributed by atoms with Gasteiger partial charge in [-0.3, -0.25) is 10.1 Å². The number of rotatable bonds is 7. The summed E-state index contributed by atoms with van der Waals surface area (Å²) in [5.74, 6) is 0.979. The number of nitrogens with zero attached hydrogens (tertiary/aromatic N) is 1. The second-order valence-electron chi connectivity index (χ2n) is 6.90. The molecule has 0 radical (unpaired) electrons. The molecule has 116 valence electrons. The van der Waals surface area contributed by atoms with Crippen LogP contribution in [0.3, 0.4) is 0 Å². The minimum atomic E-state index is -0.175. The molecule has 1 aliphatic carbocycles. The summed E-state index contributed by atoms with van der Waals surface area (Å²) >= 11 is 1.93. The molecule has 1 saturated heterocycles. The highest BCUT2D eigenvalue weighted by Gasteiger charge is 2.59. The van der Waals surface area contributed by atoms with Crippen molar-refractivity contribution in [2.45, 2.75) is 76.3 Å². The van der Waals surface area contributed by atoms with Gasteiger partial charge in [-0.25, -0.2) is 0 Å². The molecular formula is C16H30N2OS. The third-order valence-corrected chi connectivity index (χ3v) is 6.69. The molecule has 20 heavy (non-hydrogen) atoms. The van der Waals surface area contributed by atoms with Crippen molar-refractivity contribution in [3.63, 3.8) is 0 Å². The van der Waals surface area contributed by atoms with Crippen LogP contribution in [0.5, 0.6) is 0 Å². The van der Waals surface area contributed by atoms with Gasteiger partial charge in [0.1, 0.15) is 0 Å². The van der Waals surface area contributed by atoms with Crippen molar-refractivity contribution in [3.8, 4) is 0 Å². The Morgan fingerprint density at radius 2 is 2.00 bits per heavy atom. The molecular weight excluding hydrogens is 268 g/mol. The van der Waals surface area contributed by atoms with Crippen molar-refractivity contribution in [2.24, 2.45) is 5.92 Å². The zero-order valence-electron chi connectivity index (χ0n) is 13.7. The molecule has 0 bridgehead atoms. The minimum Gasteiger partial charge on any atom is -0.324 e. The molecule has 2 fully saturated rings. The van der Waals surface area contributed by atoms with Crippen molar-refractivity contribution in [3.05, 3.63) is 0 Å². The van der Waals surface area contributed by atoms with Gasteiger partial charge >= 0.3 is 0 Å². The maximum absolute atomic E-state index is 12.8. The van der Waals surface area contributed by atoms with E-state index >= 15 is 0 Å². The van der Waals surface area contributed by atoms with E-state index in [2.05, 4.69) is 44.2 Å². The number of carbonyl (C=O) groups excluding carboxylic acids is 1. The Labute approximate surface area is 128 Å². The van der Waals surface area contributed by atoms with Crippen molar-refractivity contribution in [2.75, 3.05) is 12.8 Å². The lowest BCUT2D eigenvalue weighted by atomic mass is 10.00. The van der Waals surface area contributed by atoms with Gasteiger partial charge in [0.25, 0.3) is 0 Å². The molecule has 2 rings (SSSR count). The molecule has 0 aromatic rings. The normalized spacial score (nSPS) is 25.0. The van der Waals surface area contributed by atoms with Gasteiger partial charge in [0.2, 0.25) is 5.91 Å². The lowest BCUT2D eigenvalue weighted by molar-refractivity contribution is -0.131. The van der Waals surface area contributed by atoms with Crippen LogP contribution in [0.15, 0.2) is 0 Å². The van der Waals surface area contributed by atoms with E-state index in [1.54, 1.807) is 0 Å². The summed E-state index contributed by atoms with van der Waals surface area (Å²) in [6.07, 6.45) is 7.79. The van der Waals surface area contributed by atoms with Crippen LogP contribution in [0.2, 0.25) is 0 Å². The van der Waals surface area contributed by atoms with Crippen LogP contribution in [-0.2, 0) is 4.79 Å². The number of carbonyl (C=O) groups is 1. The topological polar surface area (TPSA) is 32.3 Å². The van der Waals surface area contributed by atoms with E-state index < -0.39 is 0 Å². The molecule has 1 unspecified atom stereocenters. The summed E-state index contributed by atoms with van der Waals surface area (Å²) in [5.41, 5.74) is -0.175. The van der Waals surface area contributed by atoms with Gasteiger partial charge < -0.3 is 4.90 Å². The van der Waals surface area contributed by atoms with Gasteiger partial charge in [0, 0.05) is 11.3 Å². The average Bonchev–Trinajstić information content (AvgIpc) is 3.15. The highest BCUT2D eigenvalue weighted by molar-refractivity contribution is 8.00. The van der Waals surface area contributed by atoms with Crippen LogP contribution in [0.1, 0.15) is 59.8 Å². The van der Waals surface area contributed by atoms with Gasteiger partial charge in [-0.2, -0.15) is 11.8 Å². The largest absolute Gasteiger partial charge is 0.324 e. The lowest BCUT2D eigenvalue weighted by Crippen LogP contribution is -2.46. The van der Waals surface area contributed by atoms with Gasteiger partial charge in [-0.1, -0.05) is 27.7 Å². The Bertz CT molecular complexity index is 353. The summed E-state index contributed by atoms with van der Waals surface area (Å²) in [7, 11) is 0. The van der Waals surface area contributed by atoms with Gasteiger partial charge in [-0.15, -0.1) is 0 Å². The van der Waals surface area contributed by atoms with Crippen LogP contribution >= 0.6 is 11.8 Å². The van der Waals surface area contributed by atoms with E-state index in [1.807, 2.05) is 11.8 Å². The van der Waals surface area contributed by atoms with Gasteiger partial charge in [0.15, 0.2) is 0 Å². The molecule has 0 aromatic heterocycles. The molecule has 3 nitrogen and oxygen atoms in total. The minimum absolute atomic E-state index is 0.175. The predicted octanol–water partition coefficient (Wildman–Crippen LogP) is 3.24. The van der Waals surface area contributed by atoms with Gasteiger partial charge in [0.05, 0.1) is 11.7 Å². The van der Waals surface area contributed by atoms with Crippen LogP contribution in [0.25, 0.3) is 0 Å². The van der Waals surface area contributed by atoms with Crippen LogP contribution < -0.4 is 5.32 Å². The third kappa shape index (κ3) is 2.87. The maximum atomic E-state index is 12.8.